The Bertz CT molecular complexity index is 4270. The zero-order chi connectivity index (χ0) is 56.3. The summed E-state index contributed by atoms with van der Waals surface area (Å²) in [6, 6.07) is 84.4. The van der Waals surface area contributed by atoms with Gasteiger partial charge in [0, 0.05) is 57.2 Å². The number of hydrogen-bond acceptors (Lipinski definition) is 5. The van der Waals surface area contributed by atoms with E-state index >= 15 is 0 Å². The van der Waals surface area contributed by atoms with Crippen molar-refractivity contribution in [1.29, 1.82) is 0 Å². The minimum atomic E-state index is -0.907. The molecule has 1 aliphatic rings. The van der Waals surface area contributed by atoms with Gasteiger partial charge in [-0.2, -0.15) is 0 Å². The fourth-order valence-electron chi connectivity index (χ4n) is 12.5. The van der Waals surface area contributed by atoms with Crippen LogP contribution in [0.2, 0.25) is 0 Å². The lowest BCUT2D eigenvalue weighted by atomic mass is 9.67. The molecule has 5 heteroatoms. The van der Waals surface area contributed by atoms with Gasteiger partial charge in [0.25, 0.3) is 0 Å². The molecule has 2 heterocycles. The summed E-state index contributed by atoms with van der Waals surface area (Å²) in [5, 5.41) is 1.03. The van der Waals surface area contributed by atoms with Crippen molar-refractivity contribution in [3.05, 3.63) is 294 Å². The van der Waals surface area contributed by atoms with Crippen LogP contribution in [-0.2, 0) is 16.2 Å². The van der Waals surface area contributed by atoms with E-state index in [-0.39, 0.29) is 10.8 Å². The minimum Gasteiger partial charge on any atom is -0.456 e. The molecule has 0 N–H and O–H groups in total. The smallest absolute Gasteiger partial charge is 0.145 e. The summed E-state index contributed by atoms with van der Waals surface area (Å²) in [6.07, 6.45) is 7.86. The number of hydrogen-bond donors (Lipinski definition) is 0. The first-order valence-electron chi connectivity index (χ1n) is 28.6. The number of anilines is 6. The van der Waals surface area contributed by atoms with Gasteiger partial charge >= 0.3 is 0 Å². The number of benzene rings is 10. The molecule has 0 radical (unpaired) electrons. The molecule has 0 aliphatic heterocycles. The highest BCUT2D eigenvalue weighted by atomic mass is 16.3. The molecule has 0 bridgehead atoms. The third-order valence-electron chi connectivity index (χ3n) is 16.7. The third-order valence-corrected chi connectivity index (χ3v) is 16.7. The number of rotatable bonds is 11. The second kappa shape index (κ2) is 20.5. The average molecular weight is 1060 g/mol. The Morgan fingerprint density at radius 3 is 1.24 bits per heavy atom. The molecule has 1 aliphatic carbocycles. The Balaban J connectivity index is 1.16. The molecular formula is C77H66N4O. The minimum absolute atomic E-state index is 0.0393. The van der Waals surface area contributed by atoms with E-state index in [4.69, 9.17) is 14.4 Å². The number of nitrogens with zero attached hydrogens (tertiary/aromatic N) is 4. The topological polar surface area (TPSA) is 45.4 Å². The van der Waals surface area contributed by atoms with E-state index in [0.717, 1.165) is 112 Å². The van der Waals surface area contributed by atoms with Crippen molar-refractivity contribution in [1.82, 2.24) is 9.97 Å². The van der Waals surface area contributed by atoms with E-state index in [1.807, 2.05) is 12.4 Å². The largest absolute Gasteiger partial charge is 0.456 e. The SMILES string of the molecule is C/C=C\c1oc2c3c(cc(N(c4ccc(-c5ccccc5)cc4)c4ccc(C(C)(C)C)cc4)c2c1C)C(c1ccccc1)(c1ccccc1)c1cc(N(c2ccc(-c4ccccc4)cc2)c2ccc(C(C)(C)C)cc2)c2nccnc2c1-3. The van der Waals surface area contributed by atoms with Crippen LogP contribution in [0, 0.1) is 6.92 Å². The molecule has 13 rings (SSSR count). The summed E-state index contributed by atoms with van der Waals surface area (Å²) in [4.78, 5) is 15.7. The first kappa shape index (κ1) is 51.8. The van der Waals surface area contributed by atoms with Gasteiger partial charge < -0.3 is 14.2 Å². The van der Waals surface area contributed by atoms with E-state index in [2.05, 4.69) is 308 Å². The normalized spacial score (nSPS) is 12.9. The van der Waals surface area contributed by atoms with Crippen LogP contribution >= 0.6 is 0 Å². The molecule has 0 atom stereocenters. The second-order valence-electron chi connectivity index (χ2n) is 23.8. The van der Waals surface area contributed by atoms with Gasteiger partial charge in [-0.1, -0.05) is 217 Å². The maximum Gasteiger partial charge on any atom is 0.145 e. The summed E-state index contributed by atoms with van der Waals surface area (Å²) in [5.74, 6) is 0.809. The molecule has 5 nitrogen and oxygen atoms in total. The second-order valence-corrected chi connectivity index (χ2v) is 23.8. The van der Waals surface area contributed by atoms with Crippen molar-refractivity contribution in [2.75, 3.05) is 9.80 Å². The lowest BCUT2D eigenvalue weighted by Crippen LogP contribution is -2.29. The molecule has 0 saturated heterocycles. The molecule has 82 heavy (non-hydrogen) atoms. The molecule has 0 spiro atoms. The summed E-state index contributed by atoms with van der Waals surface area (Å²) >= 11 is 0. The van der Waals surface area contributed by atoms with E-state index in [1.54, 1.807) is 0 Å². The predicted octanol–water partition coefficient (Wildman–Crippen LogP) is 20.9. The molecule has 0 fully saturated rings. The standard InChI is InChI=1S/C77H66N4O/c1-9-22-68-51(2)69-66(80(62-43-35-56(36-44-62)75(3,4)5)60-39-31-54(32-40-60)52-23-14-10-15-24-52)49-65-71(74(69)82-68)70-64(77(65,58-27-18-12-19-28-58)59-29-20-13-21-30-59)50-67(72-73(70)79-48-47-78-72)81(63-45-37-57(38-46-63)76(6,7)8)61-41-33-55(34-42-61)53-25-16-11-17-26-53/h9-50H,1-8H3/b22-9-. The van der Waals surface area contributed by atoms with Crippen molar-refractivity contribution in [3.63, 3.8) is 0 Å². The predicted molar refractivity (Wildman–Crippen MR) is 344 cm³/mol. The van der Waals surface area contributed by atoms with Gasteiger partial charge in [0.15, 0.2) is 0 Å². The van der Waals surface area contributed by atoms with Crippen molar-refractivity contribution >= 4 is 62.2 Å². The molecule has 2 aromatic heterocycles. The van der Waals surface area contributed by atoms with Crippen LogP contribution < -0.4 is 9.80 Å². The van der Waals surface area contributed by atoms with E-state index in [0.29, 0.717) is 0 Å². The fourth-order valence-corrected chi connectivity index (χ4v) is 12.5. The quantitative estimate of drug-likeness (QED) is 0.129. The lowest BCUT2D eigenvalue weighted by molar-refractivity contribution is 0.590. The molecule has 0 saturated carbocycles. The zero-order valence-corrected chi connectivity index (χ0v) is 47.9. The molecule has 400 valence electrons. The van der Waals surface area contributed by atoms with E-state index in [9.17, 15) is 0 Å². The number of aryl methyl sites for hydroxylation is 1. The van der Waals surface area contributed by atoms with Crippen LogP contribution in [0.1, 0.15) is 93.2 Å². The van der Waals surface area contributed by atoms with Gasteiger partial charge in [0.2, 0.25) is 0 Å². The van der Waals surface area contributed by atoms with Crippen LogP contribution in [0.15, 0.2) is 253 Å². The summed E-state index contributed by atoms with van der Waals surface area (Å²) in [6.45, 7) is 17.9. The Morgan fingerprint density at radius 1 is 0.427 bits per heavy atom. The maximum atomic E-state index is 7.49. The van der Waals surface area contributed by atoms with Crippen LogP contribution in [0.3, 0.4) is 0 Å². The monoisotopic (exact) mass is 1060 g/mol. The van der Waals surface area contributed by atoms with Crippen LogP contribution in [0.4, 0.5) is 34.1 Å². The highest BCUT2D eigenvalue weighted by Crippen LogP contribution is 2.63. The first-order valence-corrected chi connectivity index (χ1v) is 28.6. The van der Waals surface area contributed by atoms with Crippen molar-refractivity contribution < 1.29 is 4.42 Å². The van der Waals surface area contributed by atoms with E-state index in [1.165, 1.54) is 22.3 Å². The third kappa shape index (κ3) is 8.80. The van der Waals surface area contributed by atoms with Crippen LogP contribution in [-0.4, -0.2) is 9.97 Å². The van der Waals surface area contributed by atoms with Crippen molar-refractivity contribution in [3.8, 4) is 33.4 Å². The first-order chi connectivity index (χ1) is 39.8. The fraction of sp³-hybridized carbons (Fsp3) is 0.143. The summed E-state index contributed by atoms with van der Waals surface area (Å²) in [5.41, 5.74) is 22.1. The lowest BCUT2D eigenvalue weighted by Gasteiger charge is -2.36. The Hall–Kier alpha value is -9.58. The van der Waals surface area contributed by atoms with Crippen molar-refractivity contribution in [2.45, 2.75) is 71.6 Å². The van der Waals surface area contributed by atoms with Gasteiger partial charge in [-0.15, -0.1) is 0 Å². The number of aromatic nitrogens is 2. The van der Waals surface area contributed by atoms with Gasteiger partial charge in [-0.3, -0.25) is 9.97 Å². The Morgan fingerprint density at radius 2 is 0.805 bits per heavy atom. The molecular weight excluding hydrogens is 997 g/mol. The highest BCUT2D eigenvalue weighted by molar-refractivity contribution is 6.16. The van der Waals surface area contributed by atoms with Crippen LogP contribution in [0.25, 0.3) is 61.5 Å². The summed E-state index contributed by atoms with van der Waals surface area (Å²) < 4.78 is 7.49. The average Bonchev–Trinajstić information content (AvgIpc) is 2.03. The molecule has 12 aromatic rings. The van der Waals surface area contributed by atoms with Gasteiger partial charge in [-0.05, 0) is 147 Å². The number of furan rings is 1. The van der Waals surface area contributed by atoms with Gasteiger partial charge in [-0.25, -0.2) is 0 Å². The molecule has 0 unspecified atom stereocenters. The zero-order valence-electron chi connectivity index (χ0n) is 47.9. The maximum absolute atomic E-state index is 7.49. The van der Waals surface area contributed by atoms with Gasteiger partial charge in [0.1, 0.15) is 16.9 Å². The Labute approximate surface area is 482 Å². The van der Waals surface area contributed by atoms with Crippen LogP contribution in [0.5, 0.6) is 0 Å². The number of allylic oxidation sites excluding steroid dienone is 1. The van der Waals surface area contributed by atoms with Crippen molar-refractivity contribution in [2.24, 2.45) is 0 Å². The highest BCUT2D eigenvalue weighted by Gasteiger charge is 2.50. The summed E-state index contributed by atoms with van der Waals surface area (Å²) in [7, 11) is 0. The molecule has 0 amide bonds. The number of fused-ring (bicyclic) bond motifs is 7. The van der Waals surface area contributed by atoms with Gasteiger partial charge in [0.05, 0.1) is 22.3 Å². The Kier molecular flexibility index (Phi) is 13.0. The molecule has 10 aromatic carbocycles. The van der Waals surface area contributed by atoms with E-state index < -0.39 is 5.41 Å².